The number of hydrogen-bond acceptors (Lipinski definition) is 5. The molecule has 1 amide bonds. The van der Waals surface area contributed by atoms with Crippen molar-refractivity contribution in [1.82, 2.24) is 19.7 Å². The third kappa shape index (κ3) is 4.41. The summed E-state index contributed by atoms with van der Waals surface area (Å²) in [5.41, 5.74) is 1.37. The van der Waals surface area contributed by atoms with Crippen LogP contribution in [0.3, 0.4) is 0 Å². The van der Waals surface area contributed by atoms with Crippen LogP contribution in [0.1, 0.15) is 30.4 Å². The maximum atomic E-state index is 13.1. The van der Waals surface area contributed by atoms with Crippen LogP contribution in [0, 0.1) is 0 Å². The van der Waals surface area contributed by atoms with Crippen molar-refractivity contribution in [2.75, 3.05) is 32.1 Å². The summed E-state index contributed by atoms with van der Waals surface area (Å²) in [5, 5.41) is 5.14. The minimum atomic E-state index is -0.111. The molecule has 3 aromatic rings. The fraction of sp³-hybridized carbons (Fsp3) is 0.389. The second-order valence-electron chi connectivity index (χ2n) is 6.50. The van der Waals surface area contributed by atoms with Crippen molar-refractivity contribution < 1.29 is 4.79 Å². The van der Waals surface area contributed by atoms with Gasteiger partial charge in [-0.1, -0.05) is 23.5 Å². The number of hydrogen-bond donors (Lipinski definition) is 0. The number of aromatic nitrogens is 3. The van der Waals surface area contributed by atoms with Crippen LogP contribution in [0.2, 0.25) is 0 Å². The third-order valence-electron chi connectivity index (χ3n) is 3.89. The largest absolute Gasteiger partial charge is 0.308 e. The molecule has 0 spiro atoms. The molecule has 0 aliphatic carbocycles. The van der Waals surface area contributed by atoms with E-state index in [1.807, 2.05) is 58.4 Å². The zero-order chi connectivity index (χ0) is 18.0. The summed E-state index contributed by atoms with van der Waals surface area (Å²) in [7, 11) is 3.99. The first kappa shape index (κ1) is 20.4. The minimum Gasteiger partial charge on any atom is -0.308 e. The number of carbonyl (C=O) groups is 1. The van der Waals surface area contributed by atoms with Crippen molar-refractivity contribution in [2.24, 2.45) is 0 Å². The number of carbonyl (C=O) groups excluding carboxylic acids is 1. The Balaban J connectivity index is 0.00000243. The van der Waals surface area contributed by atoms with E-state index in [0.29, 0.717) is 17.4 Å². The molecule has 140 valence electrons. The fourth-order valence-corrected chi connectivity index (χ4v) is 3.43. The average Bonchev–Trinajstić information content (AvgIpc) is 3.21. The number of amides is 1. The standard InChI is InChI=1S/C18H23N5OS.ClH/c1-13(2)23-10-9-15(20-23)17(24)22(12-11-21(3)4)18-19-14-7-5-6-8-16(14)25-18;/h5-10,13H,11-12H2,1-4H3;1H. The Morgan fingerprint density at radius 2 is 1.92 bits per heavy atom. The van der Waals surface area contributed by atoms with E-state index in [9.17, 15) is 4.79 Å². The summed E-state index contributed by atoms with van der Waals surface area (Å²) in [6.45, 7) is 5.41. The molecule has 0 unspecified atom stereocenters. The zero-order valence-electron chi connectivity index (χ0n) is 15.4. The van der Waals surface area contributed by atoms with Gasteiger partial charge in [-0.05, 0) is 46.1 Å². The summed E-state index contributed by atoms with van der Waals surface area (Å²) in [6.07, 6.45) is 1.85. The quantitative estimate of drug-likeness (QED) is 0.640. The predicted molar refractivity (Wildman–Crippen MR) is 110 cm³/mol. The van der Waals surface area contributed by atoms with Gasteiger partial charge in [0.2, 0.25) is 0 Å². The monoisotopic (exact) mass is 393 g/mol. The van der Waals surface area contributed by atoms with Gasteiger partial charge in [-0.25, -0.2) is 4.98 Å². The molecule has 0 atom stereocenters. The van der Waals surface area contributed by atoms with Gasteiger partial charge in [0.05, 0.1) is 10.2 Å². The number of rotatable bonds is 6. The molecule has 2 aromatic heterocycles. The van der Waals surface area contributed by atoms with E-state index in [-0.39, 0.29) is 24.4 Å². The molecular weight excluding hydrogens is 370 g/mol. The van der Waals surface area contributed by atoms with Crippen LogP contribution in [-0.2, 0) is 0 Å². The highest BCUT2D eigenvalue weighted by Crippen LogP contribution is 2.29. The van der Waals surface area contributed by atoms with Crippen molar-refractivity contribution in [3.8, 4) is 0 Å². The second kappa shape index (κ2) is 8.62. The molecule has 0 fully saturated rings. The highest BCUT2D eigenvalue weighted by Gasteiger charge is 2.23. The van der Waals surface area contributed by atoms with Crippen molar-refractivity contribution in [3.63, 3.8) is 0 Å². The van der Waals surface area contributed by atoms with E-state index in [1.165, 1.54) is 11.3 Å². The molecule has 26 heavy (non-hydrogen) atoms. The summed E-state index contributed by atoms with van der Waals surface area (Å²) < 4.78 is 2.88. The second-order valence-corrected chi connectivity index (χ2v) is 7.51. The summed E-state index contributed by atoms with van der Waals surface area (Å²) in [6, 6.07) is 9.94. The molecule has 3 rings (SSSR count). The minimum absolute atomic E-state index is 0. The number of thiazole rings is 1. The average molecular weight is 394 g/mol. The molecule has 0 aliphatic heterocycles. The Morgan fingerprint density at radius 1 is 1.19 bits per heavy atom. The molecule has 8 heteroatoms. The molecule has 0 aliphatic rings. The number of halogens is 1. The number of fused-ring (bicyclic) bond motifs is 1. The molecule has 0 N–H and O–H groups in total. The molecule has 0 radical (unpaired) electrons. The van der Waals surface area contributed by atoms with E-state index < -0.39 is 0 Å². The maximum Gasteiger partial charge on any atom is 0.280 e. The predicted octanol–water partition coefficient (Wildman–Crippen LogP) is 3.70. The fourth-order valence-electron chi connectivity index (χ4n) is 2.44. The van der Waals surface area contributed by atoms with Gasteiger partial charge in [-0.3, -0.25) is 14.4 Å². The number of nitrogens with zero attached hydrogens (tertiary/aromatic N) is 5. The van der Waals surface area contributed by atoms with Crippen molar-refractivity contribution in [2.45, 2.75) is 19.9 Å². The first-order chi connectivity index (χ1) is 12.0. The van der Waals surface area contributed by atoms with E-state index in [1.54, 1.807) is 15.6 Å². The van der Waals surface area contributed by atoms with Crippen LogP contribution in [0.4, 0.5) is 5.13 Å². The molecule has 6 nitrogen and oxygen atoms in total. The molecule has 0 bridgehead atoms. The molecule has 2 heterocycles. The Kier molecular flexibility index (Phi) is 6.75. The first-order valence-corrected chi connectivity index (χ1v) is 9.14. The Hall–Kier alpha value is -1.96. The summed E-state index contributed by atoms with van der Waals surface area (Å²) in [4.78, 5) is 21.5. The van der Waals surface area contributed by atoms with Crippen LogP contribution >= 0.6 is 23.7 Å². The smallest absolute Gasteiger partial charge is 0.280 e. The third-order valence-corrected chi connectivity index (χ3v) is 4.95. The van der Waals surface area contributed by atoms with Crippen LogP contribution in [-0.4, -0.2) is 52.8 Å². The molecular formula is C18H24ClN5OS. The molecule has 1 aromatic carbocycles. The van der Waals surface area contributed by atoms with Crippen LogP contribution < -0.4 is 4.90 Å². The normalized spacial score (nSPS) is 11.2. The topological polar surface area (TPSA) is 54.3 Å². The van der Waals surface area contributed by atoms with Gasteiger partial charge in [0, 0.05) is 25.3 Å². The van der Waals surface area contributed by atoms with Crippen LogP contribution in [0.5, 0.6) is 0 Å². The maximum absolute atomic E-state index is 13.1. The molecule has 0 saturated heterocycles. The molecule has 0 saturated carbocycles. The highest BCUT2D eigenvalue weighted by atomic mass is 35.5. The number of anilines is 1. The number of likely N-dealkylation sites (N-methyl/N-ethyl adjacent to an activating group) is 1. The lowest BCUT2D eigenvalue weighted by Crippen LogP contribution is -2.37. The van der Waals surface area contributed by atoms with Gasteiger partial charge in [0.1, 0.15) is 0 Å². The van der Waals surface area contributed by atoms with Crippen LogP contribution in [0.25, 0.3) is 10.2 Å². The van der Waals surface area contributed by atoms with E-state index in [4.69, 9.17) is 0 Å². The van der Waals surface area contributed by atoms with Crippen molar-refractivity contribution in [3.05, 3.63) is 42.2 Å². The van der Waals surface area contributed by atoms with Gasteiger partial charge in [-0.15, -0.1) is 12.4 Å². The Bertz CT molecular complexity index is 840. The van der Waals surface area contributed by atoms with E-state index in [2.05, 4.69) is 15.0 Å². The summed E-state index contributed by atoms with van der Waals surface area (Å²) in [5.74, 6) is -0.111. The van der Waals surface area contributed by atoms with Gasteiger partial charge in [0.25, 0.3) is 5.91 Å². The lowest BCUT2D eigenvalue weighted by Gasteiger charge is -2.21. The van der Waals surface area contributed by atoms with E-state index >= 15 is 0 Å². The van der Waals surface area contributed by atoms with Crippen molar-refractivity contribution in [1.29, 1.82) is 0 Å². The van der Waals surface area contributed by atoms with Gasteiger partial charge in [0.15, 0.2) is 10.8 Å². The zero-order valence-corrected chi connectivity index (χ0v) is 17.0. The van der Waals surface area contributed by atoms with E-state index in [0.717, 1.165) is 16.8 Å². The first-order valence-electron chi connectivity index (χ1n) is 8.33. The lowest BCUT2D eigenvalue weighted by atomic mass is 10.3. The Labute approximate surface area is 163 Å². The number of para-hydroxylation sites is 1. The van der Waals surface area contributed by atoms with Gasteiger partial charge < -0.3 is 4.90 Å². The van der Waals surface area contributed by atoms with Crippen LogP contribution in [0.15, 0.2) is 36.5 Å². The SMILES string of the molecule is CC(C)n1ccc(C(=O)N(CCN(C)C)c2nc3ccccc3s2)n1.Cl. The highest BCUT2D eigenvalue weighted by molar-refractivity contribution is 7.22. The number of benzene rings is 1. The summed E-state index contributed by atoms with van der Waals surface area (Å²) >= 11 is 1.53. The van der Waals surface area contributed by atoms with Gasteiger partial charge >= 0.3 is 0 Å². The Morgan fingerprint density at radius 3 is 2.54 bits per heavy atom. The van der Waals surface area contributed by atoms with Crippen molar-refractivity contribution >= 4 is 45.0 Å². The lowest BCUT2D eigenvalue weighted by molar-refractivity contribution is 0.0979. The van der Waals surface area contributed by atoms with Gasteiger partial charge in [-0.2, -0.15) is 5.10 Å².